The second-order valence-electron chi connectivity index (χ2n) is 4.36. The summed E-state index contributed by atoms with van der Waals surface area (Å²) in [7, 11) is 1.52. The Morgan fingerprint density at radius 2 is 1.90 bits per heavy atom. The summed E-state index contributed by atoms with van der Waals surface area (Å²) in [6.45, 7) is 0.277. The number of carbonyl (C=O) groups is 2. The van der Waals surface area contributed by atoms with Gasteiger partial charge in [0.15, 0.2) is 0 Å². The normalized spacial score (nSPS) is 9.95. The maximum atomic E-state index is 12.1. The van der Waals surface area contributed by atoms with Crippen molar-refractivity contribution >= 4 is 17.7 Å². The van der Waals surface area contributed by atoms with E-state index < -0.39 is 12.0 Å². The van der Waals surface area contributed by atoms with Gasteiger partial charge in [0.1, 0.15) is 0 Å². The molecule has 6 nitrogen and oxygen atoms in total. The first-order valence-corrected chi connectivity index (χ1v) is 6.33. The van der Waals surface area contributed by atoms with Crippen LogP contribution in [0.1, 0.15) is 16.1 Å². The molecule has 0 unspecified atom stereocenters. The minimum Gasteiger partial charge on any atom is -0.478 e. The van der Waals surface area contributed by atoms with Crippen LogP contribution in [0.3, 0.4) is 0 Å². The molecule has 0 atom stereocenters. The summed E-state index contributed by atoms with van der Waals surface area (Å²) >= 11 is 0. The number of carboxylic acids is 1. The van der Waals surface area contributed by atoms with Crippen molar-refractivity contribution < 1.29 is 14.7 Å². The third-order valence-electron chi connectivity index (χ3n) is 2.95. The Morgan fingerprint density at radius 3 is 2.57 bits per heavy atom. The molecule has 1 heterocycles. The fourth-order valence-electron chi connectivity index (χ4n) is 1.84. The van der Waals surface area contributed by atoms with Crippen LogP contribution in [0, 0.1) is 0 Å². The summed E-state index contributed by atoms with van der Waals surface area (Å²) in [5, 5.41) is 11.8. The average molecular weight is 285 g/mol. The number of para-hydroxylation sites is 1. The standard InChI is InChI=1S/C15H15N3O3/c1-18(13-8-3-2-7-12(13)14(19)20)15(21)17-10-11-6-4-5-9-16-11/h2-9H,10H2,1H3,(H,17,21)(H,19,20). The zero-order valence-corrected chi connectivity index (χ0v) is 11.5. The van der Waals surface area contributed by atoms with E-state index in [1.54, 1.807) is 36.5 Å². The van der Waals surface area contributed by atoms with Crippen LogP contribution in [0.5, 0.6) is 0 Å². The van der Waals surface area contributed by atoms with E-state index in [0.29, 0.717) is 5.69 Å². The van der Waals surface area contributed by atoms with Crippen molar-refractivity contribution in [2.45, 2.75) is 6.54 Å². The third kappa shape index (κ3) is 3.56. The van der Waals surface area contributed by atoms with Crippen molar-refractivity contribution in [2.24, 2.45) is 0 Å². The SMILES string of the molecule is CN(C(=O)NCc1ccccn1)c1ccccc1C(=O)O. The highest BCUT2D eigenvalue weighted by Gasteiger charge is 2.17. The Labute approximate surface area is 122 Å². The number of rotatable bonds is 4. The second-order valence-corrected chi connectivity index (χ2v) is 4.36. The predicted octanol–water partition coefficient (Wildman–Crippen LogP) is 2.13. The van der Waals surface area contributed by atoms with E-state index in [-0.39, 0.29) is 12.1 Å². The highest BCUT2D eigenvalue weighted by atomic mass is 16.4. The van der Waals surface area contributed by atoms with Gasteiger partial charge in [-0.05, 0) is 24.3 Å². The zero-order chi connectivity index (χ0) is 15.2. The van der Waals surface area contributed by atoms with Crippen molar-refractivity contribution in [3.8, 4) is 0 Å². The molecule has 1 aromatic carbocycles. The Morgan fingerprint density at radius 1 is 1.19 bits per heavy atom. The van der Waals surface area contributed by atoms with Crippen molar-refractivity contribution in [1.82, 2.24) is 10.3 Å². The van der Waals surface area contributed by atoms with Gasteiger partial charge in [0.25, 0.3) is 0 Å². The molecular weight excluding hydrogens is 270 g/mol. The largest absolute Gasteiger partial charge is 0.478 e. The van der Waals surface area contributed by atoms with Crippen LogP contribution in [0.15, 0.2) is 48.7 Å². The van der Waals surface area contributed by atoms with E-state index in [2.05, 4.69) is 10.3 Å². The summed E-state index contributed by atoms with van der Waals surface area (Å²) in [4.78, 5) is 28.6. The molecule has 0 aliphatic rings. The molecule has 0 radical (unpaired) electrons. The lowest BCUT2D eigenvalue weighted by molar-refractivity contribution is 0.0697. The van der Waals surface area contributed by atoms with Gasteiger partial charge in [-0.25, -0.2) is 9.59 Å². The molecule has 6 heteroatoms. The molecule has 2 aromatic rings. The van der Waals surface area contributed by atoms with Crippen LogP contribution in [-0.2, 0) is 6.54 Å². The summed E-state index contributed by atoms with van der Waals surface area (Å²) < 4.78 is 0. The molecule has 0 saturated heterocycles. The van der Waals surface area contributed by atoms with Gasteiger partial charge in [0, 0.05) is 13.2 Å². The fraction of sp³-hybridized carbons (Fsp3) is 0.133. The molecule has 2 amide bonds. The number of hydrogen-bond donors (Lipinski definition) is 2. The Bertz CT molecular complexity index is 644. The molecule has 0 fully saturated rings. The molecular formula is C15H15N3O3. The number of carbonyl (C=O) groups excluding carboxylic acids is 1. The van der Waals surface area contributed by atoms with Gasteiger partial charge in [-0.15, -0.1) is 0 Å². The van der Waals surface area contributed by atoms with Crippen LogP contribution in [0.25, 0.3) is 0 Å². The number of benzene rings is 1. The Kier molecular flexibility index (Phi) is 4.50. The fourth-order valence-corrected chi connectivity index (χ4v) is 1.84. The highest BCUT2D eigenvalue weighted by Crippen LogP contribution is 2.19. The number of aromatic carboxylic acids is 1. The van der Waals surface area contributed by atoms with Crippen LogP contribution in [-0.4, -0.2) is 29.1 Å². The monoisotopic (exact) mass is 285 g/mol. The minimum atomic E-state index is -1.07. The van der Waals surface area contributed by atoms with E-state index >= 15 is 0 Å². The van der Waals surface area contributed by atoms with Gasteiger partial charge >= 0.3 is 12.0 Å². The van der Waals surface area contributed by atoms with Gasteiger partial charge in [-0.3, -0.25) is 9.88 Å². The van der Waals surface area contributed by atoms with Gasteiger partial charge in [-0.1, -0.05) is 18.2 Å². The number of amides is 2. The molecule has 0 aliphatic heterocycles. The number of aromatic nitrogens is 1. The van der Waals surface area contributed by atoms with E-state index in [0.717, 1.165) is 5.69 Å². The molecule has 2 N–H and O–H groups in total. The predicted molar refractivity (Wildman–Crippen MR) is 78.3 cm³/mol. The molecule has 108 valence electrons. The number of pyridine rings is 1. The number of urea groups is 1. The summed E-state index contributed by atoms with van der Waals surface area (Å²) in [5.74, 6) is -1.07. The number of anilines is 1. The molecule has 1 aromatic heterocycles. The van der Waals surface area contributed by atoms with Gasteiger partial charge in [0.05, 0.1) is 23.5 Å². The van der Waals surface area contributed by atoms with Crippen molar-refractivity contribution in [3.05, 3.63) is 59.9 Å². The lowest BCUT2D eigenvalue weighted by Gasteiger charge is -2.19. The molecule has 0 aliphatic carbocycles. The summed E-state index contributed by atoms with van der Waals surface area (Å²) in [5.41, 5.74) is 1.14. The number of nitrogens with one attached hydrogen (secondary N) is 1. The summed E-state index contributed by atoms with van der Waals surface area (Å²) in [6.07, 6.45) is 1.64. The van der Waals surface area contributed by atoms with Gasteiger partial charge in [-0.2, -0.15) is 0 Å². The number of hydrogen-bond acceptors (Lipinski definition) is 3. The first kappa shape index (κ1) is 14.5. The molecule has 0 bridgehead atoms. The third-order valence-corrected chi connectivity index (χ3v) is 2.95. The Hall–Kier alpha value is -2.89. The van der Waals surface area contributed by atoms with E-state index in [4.69, 9.17) is 5.11 Å². The van der Waals surface area contributed by atoms with Crippen molar-refractivity contribution in [1.29, 1.82) is 0 Å². The first-order chi connectivity index (χ1) is 10.1. The van der Waals surface area contributed by atoms with E-state index in [1.165, 1.54) is 18.0 Å². The second kappa shape index (κ2) is 6.51. The number of carboxylic acid groups (broad SMARTS) is 1. The first-order valence-electron chi connectivity index (χ1n) is 6.33. The van der Waals surface area contributed by atoms with Gasteiger partial charge < -0.3 is 10.4 Å². The van der Waals surface area contributed by atoms with Crippen LogP contribution >= 0.6 is 0 Å². The topological polar surface area (TPSA) is 82.5 Å². The maximum Gasteiger partial charge on any atom is 0.337 e. The minimum absolute atomic E-state index is 0.0768. The lowest BCUT2D eigenvalue weighted by Crippen LogP contribution is -2.37. The van der Waals surface area contributed by atoms with Crippen molar-refractivity contribution in [3.63, 3.8) is 0 Å². The van der Waals surface area contributed by atoms with E-state index in [9.17, 15) is 9.59 Å². The highest BCUT2D eigenvalue weighted by molar-refractivity contribution is 6.01. The molecule has 2 rings (SSSR count). The summed E-state index contributed by atoms with van der Waals surface area (Å²) in [6, 6.07) is 11.4. The zero-order valence-electron chi connectivity index (χ0n) is 11.5. The molecule has 0 spiro atoms. The van der Waals surface area contributed by atoms with E-state index in [1.807, 2.05) is 6.07 Å². The lowest BCUT2D eigenvalue weighted by atomic mass is 10.1. The quantitative estimate of drug-likeness (QED) is 0.901. The van der Waals surface area contributed by atoms with Crippen LogP contribution in [0.2, 0.25) is 0 Å². The maximum absolute atomic E-state index is 12.1. The van der Waals surface area contributed by atoms with Crippen LogP contribution < -0.4 is 10.2 Å². The number of nitrogens with zero attached hydrogens (tertiary/aromatic N) is 2. The molecule has 21 heavy (non-hydrogen) atoms. The van der Waals surface area contributed by atoms with Crippen LogP contribution in [0.4, 0.5) is 10.5 Å². The van der Waals surface area contributed by atoms with Crippen molar-refractivity contribution in [2.75, 3.05) is 11.9 Å². The smallest absolute Gasteiger partial charge is 0.337 e. The van der Waals surface area contributed by atoms with Gasteiger partial charge in [0.2, 0.25) is 0 Å². The average Bonchev–Trinajstić information content (AvgIpc) is 2.52. The Balaban J connectivity index is 2.08. The molecule has 0 saturated carbocycles.